The van der Waals surface area contributed by atoms with Crippen LogP contribution in [0, 0.1) is 0 Å². The molecule has 0 fully saturated rings. The van der Waals surface area contributed by atoms with Crippen LogP contribution in [0.1, 0.15) is 27.7 Å². The Kier molecular flexibility index (Phi) is 253. The van der Waals surface area contributed by atoms with E-state index >= 15 is 0 Å². The molecular formula is C8H21ClO4Ti. The maximum absolute atomic E-state index is 8.93. The van der Waals surface area contributed by atoms with Gasteiger partial charge in [0.15, 0.2) is 0 Å². The molecule has 0 saturated heterocycles. The van der Waals surface area contributed by atoms with Crippen LogP contribution in [-0.2, 0) is 21.7 Å². The molecule has 4 nitrogen and oxygen atoms in total. The van der Waals surface area contributed by atoms with Gasteiger partial charge in [-0.3, -0.25) is 0 Å². The summed E-state index contributed by atoms with van der Waals surface area (Å²) in [6.07, 6.45) is 0. The van der Waals surface area contributed by atoms with E-state index in [1.54, 1.807) is 27.7 Å². The van der Waals surface area contributed by atoms with E-state index in [0.717, 1.165) is 0 Å². The molecule has 88 valence electrons. The molecule has 0 aliphatic carbocycles. The minimum absolute atomic E-state index is 0. The molecule has 0 aromatic rings. The fraction of sp³-hybridized carbons (Fsp3) is 1.00. The quantitative estimate of drug-likeness (QED) is 0.468. The minimum Gasteiger partial charge on any atom is -0.855 e. The van der Waals surface area contributed by atoms with Crippen LogP contribution in [0.2, 0.25) is 0 Å². The summed E-state index contributed by atoms with van der Waals surface area (Å²) in [5.41, 5.74) is 0. The minimum atomic E-state index is 0. The number of rotatable bonds is 0. The second-order valence-electron chi connectivity index (χ2n) is 1.15. The van der Waals surface area contributed by atoms with Crippen LogP contribution in [0.15, 0.2) is 0 Å². The largest absolute Gasteiger partial charge is 4.00 e. The van der Waals surface area contributed by atoms with Crippen molar-refractivity contribution in [3.05, 3.63) is 0 Å². The van der Waals surface area contributed by atoms with E-state index in [1.807, 2.05) is 0 Å². The zero-order chi connectivity index (χ0) is 10.8. The average molecular weight is 265 g/mol. The molecule has 0 aromatic carbocycles. The fourth-order valence-electron chi connectivity index (χ4n) is 0. The summed E-state index contributed by atoms with van der Waals surface area (Å²) in [7, 11) is 0. The first-order valence-corrected chi connectivity index (χ1v) is 3.98. The predicted octanol–water partition coefficient (Wildman–Crippen LogP) is -2.11. The van der Waals surface area contributed by atoms with Crippen molar-refractivity contribution in [3.8, 4) is 0 Å². The third kappa shape index (κ3) is 2530. The Balaban J connectivity index is -0.0000000145. The Morgan fingerprint density at radius 2 is 0.571 bits per heavy atom. The van der Waals surface area contributed by atoms with Crippen LogP contribution in [0.5, 0.6) is 0 Å². The first kappa shape index (κ1) is 36.4. The van der Waals surface area contributed by atoms with E-state index in [0.29, 0.717) is 0 Å². The number of hydrogen-bond acceptors (Lipinski definition) is 4. The maximum Gasteiger partial charge on any atom is 4.00 e. The third-order valence-corrected chi connectivity index (χ3v) is 0. The molecule has 14 heavy (non-hydrogen) atoms. The van der Waals surface area contributed by atoms with Gasteiger partial charge in [0, 0.05) is 0 Å². The van der Waals surface area contributed by atoms with E-state index in [2.05, 4.69) is 0 Å². The molecule has 0 aromatic heterocycles. The van der Waals surface area contributed by atoms with Crippen molar-refractivity contribution < 1.29 is 42.1 Å². The molecule has 0 spiro atoms. The molecule has 0 bridgehead atoms. The molecule has 0 aliphatic heterocycles. The van der Waals surface area contributed by atoms with Crippen molar-refractivity contribution >= 4 is 12.4 Å². The molecule has 0 saturated carbocycles. The average Bonchev–Trinajstić information content (AvgIpc) is 1.92. The van der Waals surface area contributed by atoms with Crippen molar-refractivity contribution in [1.29, 1.82) is 0 Å². The van der Waals surface area contributed by atoms with Crippen LogP contribution in [-0.4, -0.2) is 26.4 Å². The van der Waals surface area contributed by atoms with E-state index in [4.69, 9.17) is 20.4 Å². The standard InChI is InChI=1S/4C2H5O.ClH.Ti/c4*1-2-3;;/h4*2H2,1H3;1H;/q4*-1;;+4. The van der Waals surface area contributed by atoms with E-state index in [1.165, 1.54) is 0 Å². The van der Waals surface area contributed by atoms with Gasteiger partial charge >= 0.3 is 21.7 Å². The van der Waals surface area contributed by atoms with E-state index < -0.39 is 0 Å². The summed E-state index contributed by atoms with van der Waals surface area (Å²) in [5, 5.41) is 35.7. The summed E-state index contributed by atoms with van der Waals surface area (Å²) in [6.45, 7) is 6.28. The number of halogens is 1. The molecular weight excluding hydrogens is 243 g/mol. The monoisotopic (exact) mass is 264 g/mol. The summed E-state index contributed by atoms with van der Waals surface area (Å²) >= 11 is 0. The van der Waals surface area contributed by atoms with Gasteiger partial charge in [0.25, 0.3) is 0 Å². The van der Waals surface area contributed by atoms with Crippen molar-refractivity contribution in [2.45, 2.75) is 27.7 Å². The van der Waals surface area contributed by atoms with Gasteiger partial charge in [0.05, 0.1) is 0 Å². The topological polar surface area (TPSA) is 92.2 Å². The SMILES string of the molecule is CC[O-].CC[O-].CC[O-].CC[O-].Cl.[Ti+4]. The fourth-order valence-corrected chi connectivity index (χ4v) is 0. The van der Waals surface area contributed by atoms with Gasteiger partial charge < -0.3 is 20.4 Å². The Bertz CT molecular complexity index is 29.3. The van der Waals surface area contributed by atoms with Crippen molar-refractivity contribution in [1.82, 2.24) is 0 Å². The molecule has 6 heteroatoms. The van der Waals surface area contributed by atoms with Gasteiger partial charge in [0.2, 0.25) is 0 Å². The van der Waals surface area contributed by atoms with E-state index in [9.17, 15) is 0 Å². The summed E-state index contributed by atoms with van der Waals surface area (Å²) in [4.78, 5) is 0. The van der Waals surface area contributed by atoms with Crippen molar-refractivity contribution in [2.75, 3.05) is 26.4 Å². The molecule has 0 aliphatic rings. The van der Waals surface area contributed by atoms with Crippen molar-refractivity contribution in [3.63, 3.8) is 0 Å². The Labute approximate surface area is 109 Å². The molecule has 0 N–H and O–H groups in total. The maximum atomic E-state index is 8.93. The molecule has 0 amide bonds. The Hall–Kier alpha value is 0.844. The zero-order valence-electron chi connectivity index (χ0n) is 9.37. The van der Waals surface area contributed by atoms with Crippen LogP contribution < -0.4 is 20.4 Å². The van der Waals surface area contributed by atoms with Crippen LogP contribution in [0.25, 0.3) is 0 Å². The van der Waals surface area contributed by atoms with Crippen LogP contribution >= 0.6 is 12.4 Å². The molecule has 0 radical (unpaired) electrons. The van der Waals surface area contributed by atoms with Crippen LogP contribution in [0.4, 0.5) is 0 Å². The molecule has 0 unspecified atom stereocenters. The first-order chi connectivity index (χ1) is 5.66. The van der Waals surface area contributed by atoms with Crippen LogP contribution in [0.3, 0.4) is 0 Å². The first-order valence-electron chi connectivity index (χ1n) is 3.98. The number of hydrogen-bond donors (Lipinski definition) is 0. The Morgan fingerprint density at radius 1 is 0.571 bits per heavy atom. The molecule has 0 atom stereocenters. The third-order valence-electron chi connectivity index (χ3n) is 0. The van der Waals surface area contributed by atoms with Crippen molar-refractivity contribution in [2.24, 2.45) is 0 Å². The molecule has 0 rings (SSSR count). The van der Waals surface area contributed by atoms with Gasteiger partial charge in [-0.05, 0) is 0 Å². The second-order valence-corrected chi connectivity index (χ2v) is 1.15. The van der Waals surface area contributed by atoms with Gasteiger partial charge in [-0.2, -0.15) is 0 Å². The smallest absolute Gasteiger partial charge is 0.855 e. The summed E-state index contributed by atoms with van der Waals surface area (Å²) < 4.78 is 0. The normalized spacial score (nSPS) is 5.14. The summed E-state index contributed by atoms with van der Waals surface area (Å²) in [5.74, 6) is 0. The van der Waals surface area contributed by atoms with Gasteiger partial charge in [-0.15, -0.1) is 38.8 Å². The van der Waals surface area contributed by atoms with Gasteiger partial charge in [0.1, 0.15) is 0 Å². The molecule has 0 heterocycles. The van der Waals surface area contributed by atoms with Gasteiger partial charge in [-0.1, -0.05) is 27.7 Å². The Morgan fingerprint density at radius 3 is 0.571 bits per heavy atom. The predicted molar refractivity (Wildman–Crippen MR) is 49.4 cm³/mol. The zero-order valence-corrected chi connectivity index (χ0v) is 11.7. The second kappa shape index (κ2) is 97.3. The van der Waals surface area contributed by atoms with E-state index in [-0.39, 0.29) is 60.6 Å². The summed E-state index contributed by atoms with van der Waals surface area (Å²) in [6, 6.07) is 0. The van der Waals surface area contributed by atoms with Gasteiger partial charge in [-0.25, -0.2) is 0 Å².